The first-order chi connectivity index (χ1) is 4.18. The molecule has 0 heterocycles. The predicted octanol–water partition coefficient (Wildman–Crippen LogP) is 1.88. The third-order valence-electron chi connectivity index (χ3n) is 0.327. The quantitative estimate of drug-likeness (QED) is 0.577. The molecule has 0 saturated carbocycles. The largest absolute Gasteiger partial charge is 0.299 e. The van der Waals surface area contributed by atoms with Crippen molar-refractivity contribution in [3.8, 4) is 0 Å². The van der Waals surface area contributed by atoms with Gasteiger partial charge in [0, 0.05) is 1.37 Å². The zero-order valence-electron chi connectivity index (χ0n) is 5.39. The SMILES string of the molecule is [2H]C(SSCF)C(C)=O. The van der Waals surface area contributed by atoms with Crippen LogP contribution >= 0.6 is 21.6 Å². The highest BCUT2D eigenvalue weighted by Gasteiger charge is 1.91. The molecule has 48 valence electrons. The maximum Gasteiger partial charge on any atom is 0.145 e. The van der Waals surface area contributed by atoms with E-state index in [-0.39, 0.29) is 5.78 Å². The third-order valence-corrected chi connectivity index (χ3v) is 1.94. The zero-order valence-corrected chi connectivity index (χ0v) is 6.02. The number of hydrogen-bond acceptors (Lipinski definition) is 3. The summed E-state index contributed by atoms with van der Waals surface area (Å²) < 4.78 is 18.3. The molecule has 0 spiro atoms. The minimum Gasteiger partial charge on any atom is -0.299 e. The first-order valence-electron chi connectivity index (χ1n) is 2.53. The summed E-state index contributed by atoms with van der Waals surface area (Å²) in [5.74, 6) is -0.235. The topological polar surface area (TPSA) is 17.1 Å². The van der Waals surface area contributed by atoms with Crippen molar-refractivity contribution in [2.75, 3.05) is 11.7 Å². The Morgan fingerprint density at radius 1 is 1.88 bits per heavy atom. The lowest BCUT2D eigenvalue weighted by atomic mass is 10.5. The van der Waals surface area contributed by atoms with Gasteiger partial charge >= 0.3 is 0 Å². The summed E-state index contributed by atoms with van der Waals surface area (Å²) >= 11 is 0. The van der Waals surface area contributed by atoms with E-state index in [0.29, 0.717) is 0 Å². The Morgan fingerprint density at radius 2 is 2.50 bits per heavy atom. The molecule has 0 aliphatic carbocycles. The molecule has 0 aromatic heterocycles. The summed E-state index contributed by atoms with van der Waals surface area (Å²) in [7, 11) is 1.83. The number of rotatable bonds is 4. The fourth-order valence-corrected chi connectivity index (χ4v) is 1.15. The second kappa shape index (κ2) is 5.44. The molecule has 4 heteroatoms. The van der Waals surface area contributed by atoms with E-state index >= 15 is 0 Å². The molecule has 1 nitrogen and oxygen atoms in total. The first-order valence-corrected chi connectivity index (χ1v) is 4.33. The summed E-state index contributed by atoms with van der Waals surface area (Å²) in [6.07, 6.45) is 0. The fourth-order valence-electron chi connectivity index (χ4n) is 0.127. The van der Waals surface area contributed by atoms with Crippen molar-refractivity contribution >= 4 is 27.4 Å². The van der Waals surface area contributed by atoms with E-state index in [1.807, 2.05) is 0 Å². The standard InChI is InChI=1S/C4H7FOS2/c1-4(6)2-7-8-3-5/h2-3H2,1H3/i2D. The van der Waals surface area contributed by atoms with Crippen molar-refractivity contribution in [1.29, 1.82) is 0 Å². The first kappa shape index (κ1) is 6.42. The average Bonchev–Trinajstić information content (AvgIpc) is 1.82. The second-order valence-corrected chi connectivity index (χ2v) is 3.22. The van der Waals surface area contributed by atoms with Crippen LogP contribution in [-0.2, 0) is 4.79 Å². The molecule has 0 aliphatic rings. The Balaban J connectivity index is 3.27. The van der Waals surface area contributed by atoms with Gasteiger partial charge in [0.1, 0.15) is 11.8 Å². The highest BCUT2D eigenvalue weighted by Crippen LogP contribution is 2.20. The number of carbonyl (C=O) groups excluding carboxylic acids is 1. The minimum atomic E-state index is -0.828. The van der Waals surface area contributed by atoms with Crippen LogP contribution in [0, 0.1) is 0 Å². The maximum absolute atomic E-state index is 11.4. The molecule has 8 heavy (non-hydrogen) atoms. The van der Waals surface area contributed by atoms with Gasteiger partial charge in [0.15, 0.2) is 0 Å². The third kappa shape index (κ3) is 6.30. The van der Waals surface area contributed by atoms with E-state index in [4.69, 9.17) is 1.37 Å². The Kier molecular flexibility index (Phi) is 4.36. The Morgan fingerprint density at radius 3 is 2.88 bits per heavy atom. The molecule has 0 bridgehead atoms. The molecule has 0 aliphatic heterocycles. The summed E-state index contributed by atoms with van der Waals surface area (Å²) in [6.45, 7) is 1.32. The molecular weight excluding hydrogens is 147 g/mol. The van der Waals surface area contributed by atoms with Crippen molar-refractivity contribution in [3.63, 3.8) is 0 Å². The average molecular weight is 155 g/mol. The number of ketones is 1. The van der Waals surface area contributed by atoms with Crippen molar-refractivity contribution in [3.05, 3.63) is 0 Å². The molecule has 0 saturated heterocycles. The van der Waals surface area contributed by atoms with Gasteiger partial charge in [-0.2, -0.15) is 0 Å². The number of alkyl halides is 1. The number of halogens is 1. The van der Waals surface area contributed by atoms with Crippen LogP contribution in [0.15, 0.2) is 0 Å². The van der Waals surface area contributed by atoms with Crippen LogP contribution < -0.4 is 0 Å². The van der Waals surface area contributed by atoms with Gasteiger partial charge in [0.2, 0.25) is 0 Å². The predicted molar refractivity (Wildman–Crippen MR) is 36.7 cm³/mol. The van der Waals surface area contributed by atoms with Gasteiger partial charge in [-0.05, 0) is 6.92 Å². The highest BCUT2D eigenvalue weighted by molar-refractivity contribution is 8.76. The molecule has 0 fully saturated rings. The van der Waals surface area contributed by atoms with E-state index in [1.54, 1.807) is 0 Å². The molecule has 0 aromatic carbocycles. The Hall–Kier alpha value is 0.300. The molecule has 0 N–H and O–H groups in total. The maximum atomic E-state index is 11.4. The summed E-state index contributed by atoms with van der Waals surface area (Å²) in [5, 5.41) is 0. The van der Waals surface area contributed by atoms with Crippen molar-refractivity contribution in [1.82, 2.24) is 0 Å². The molecular formula is C4H7FOS2. The van der Waals surface area contributed by atoms with Crippen molar-refractivity contribution < 1.29 is 10.6 Å². The van der Waals surface area contributed by atoms with Crippen LogP contribution in [0.3, 0.4) is 0 Å². The van der Waals surface area contributed by atoms with Gasteiger partial charge in [-0.1, -0.05) is 21.6 Å². The molecule has 1 atom stereocenters. The van der Waals surface area contributed by atoms with Gasteiger partial charge in [-0.15, -0.1) is 0 Å². The van der Waals surface area contributed by atoms with Gasteiger partial charge in [0.05, 0.1) is 5.73 Å². The lowest BCUT2D eigenvalue weighted by Crippen LogP contribution is -1.90. The van der Waals surface area contributed by atoms with Crippen LogP contribution in [0.5, 0.6) is 0 Å². The van der Waals surface area contributed by atoms with Gasteiger partial charge in [0.25, 0.3) is 0 Å². The van der Waals surface area contributed by atoms with Crippen LogP contribution in [0.4, 0.5) is 4.39 Å². The molecule has 0 radical (unpaired) electrons. The lowest BCUT2D eigenvalue weighted by molar-refractivity contribution is -0.114. The van der Waals surface area contributed by atoms with E-state index in [2.05, 4.69) is 0 Å². The smallest absolute Gasteiger partial charge is 0.145 e. The minimum absolute atomic E-state index is 0.235. The van der Waals surface area contributed by atoms with E-state index < -0.39 is 11.7 Å². The van der Waals surface area contributed by atoms with Crippen LogP contribution in [0.25, 0.3) is 0 Å². The summed E-state index contributed by atoms with van der Waals surface area (Å²) in [6, 6.07) is -0.548. The fraction of sp³-hybridized carbons (Fsp3) is 0.750. The van der Waals surface area contributed by atoms with E-state index in [9.17, 15) is 9.18 Å². The van der Waals surface area contributed by atoms with Crippen LogP contribution in [0.2, 0.25) is 0 Å². The van der Waals surface area contributed by atoms with Crippen molar-refractivity contribution in [2.24, 2.45) is 0 Å². The Bertz CT molecular complexity index is 101. The monoisotopic (exact) mass is 155 g/mol. The van der Waals surface area contributed by atoms with Crippen LogP contribution in [0.1, 0.15) is 8.29 Å². The van der Waals surface area contributed by atoms with Gasteiger partial charge in [-0.3, -0.25) is 4.79 Å². The summed E-state index contributed by atoms with van der Waals surface area (Å²) in [5.41, 5.74) is -0.828. The van der Waals surface area contributed by atoms with Gasteiger partial charge in [-0.25, -0.2) is 4.39 Å². The molecule has 1 unspecified atom stereocenters. The Labute approximate surface area is 57.2 Å². The van der Waals surface area contributed by atoms with Gasteiger partial charge < -0.3 is 0 Å². The van der Waals surface area contributed by atoms with E-state index in [0.717, 1.165) is 21.6 Å². The van der Waals surface area contributed by atoms with Crippen molar-refractivity contribution in [2.45, 2.75) is 6.92 Å². The molecule has 0 amide bonds. The van der Waals surface area contributed by atoms with Crippen LogP contribution in [-0.4, -0.2) is 17.5 Å². The molecule has 0 aromatic rings. The number of hydrogen-bond donors (Lipinski definition) is 0. The summed E-state index contributed by atoms with van der Waals surface area (Å²) in [4.78, 5) is 10.3. The lowest BCUT2D eigenvalue weighted by Gasteiger charge is -1.88. The second-order valence-electron chi connectivity index (χ2n) is 1.05. The van der Waals surface area contributed by atoms with E-state index in [1.165, 1.54) is 6.92 Å². The number of carbonyl (C=O) groups is 1. The highest BCUT2D eigenvalue weighted by atomic mass is 33.1. The molecule has 0 rings (SSSR count). The number of Topliss-reactive ketones (excluding diaryl/α,β-unsaturated/α-hetero) is 1. The normalized spacial score (nSPS) is 15.0. The zero-order chi connectivity index (χ0) is 7.28.